The molecule has 4 aromatic heterocycles. The van der Waals surface area contributed by atoms with Gasteiger partial charge in [-0.3, -0.25) is 4.79 Å². The fraction of sp³-hybridized carbons (Fsp3) is 0.417. The second-order valence-corrected chi connectivity index (χ2v) is 10.2. The molecule has 0 spiro atoms. The van der Waals surface area contributed by atoms with Crippen LogP contribution in [0.2, 0.25) is 0 Å². The zero-order chi connectivity index (χ0) is 22.5. The maximum atomic E-state index is 13.3. The van der Waals surface area contributed by atoms with Crippen molar-refractivity contribution in [1.29, 1.82) is 0 Å². The lowest BCUT2D eigenvalue weighted by molar-refractivity contribution is -0.147. The van der Waals surface area contributed by atoms with Gasteiger partial charge in [-0.1, -0.05) is 0 Å². The number of nitrogens with zero attached hydrogens (tertiary/aromatic N) is 5. The van der Waals surface area contributed by atoms with Gasteiger partial charge in [0.05, 0.1) is 23.1 Å². The van der Waals surface area contributed by atoms with Crippen molar-refractivity contribution < 1.29 is 9.53 Å². The van der Waals surface area contributed by atoms with Crippen molar-refractivity contribution in [2.45, 2.75) is 45.3 Å². The molecule has 3 atom stereocenters. The molecule has 9 heteroatoms. The van der Waals surface area contributed by atoms with Gasteiger partial charge in [0.25, 0.3) is 0 Å². The average molecular weight is 463 g/mol. The molecular weight excluding hydrogens is 436 g/mol. The van der Waals surface area contributed by atoms with Crippen LogP contribution in [0.5, 0.6) is 0 Å². The Morgan fingerprint density at radius 3 is 2.91 bits per heavy atom. The van der Waals surface area contributed by atoms with Crippen LogP contribution in [0.3, 0.4) is 0 Å². The third-order valence-electron chi connectivity index (χ3n) is 6.59. The lowest BCUT2D eigenvalue weighted by Gasteiger charge is -2.37. The van der Waals surface area contributed by atoms with Crippen LogP contribution in [-0.2, 0) is 22.4 Å². The third-order valence-corrected chi connectivity index (χ3v) is 7.75. The third kappa shape index (κ3) is 3.75. The minimum absolute atomic E-state index is 0.0247. The maximum absolute atomic E-state index is 13.3. The van der Waals surface area contributed by atoms with E-state index in [1.54, 1.807) is 23.9 Å². The summed E-state index contributed by atoms with van der Waals surface area (Å²) in [6.07, 6.45) is 8.01. The zero-order valence-electron chi connectivity index (χ0n) is 18.7. The normalized spacial score (nSPS) is 23.1. The van der Waals surface area contributed by atoms with Crippen LogP contribution < -0.4 is 5.32 Å². The average Bonchev–Trinajstić information content (AvgIpc) is 3.41. The fourth-order valence-corrected chi connectivity index (χ4v) is 6.44. The highest BCUT2D eigenvalue weighted by Gasteiger charge is 2.34. The van der Waals surface area contributed by atoms with Crippen molar-refractivity contribution in [2.24, 2.45) is 5.92 Å². The summed E-state index contributed by atoms with van der Waals surface area (Å²) >= 11 is 1.70. The Balaban J connectivity index is 1.27. The van der Waals surface area contributed by atoms with E-state index in [1.165, 1.54) is 10.4 Å². The van der Waals surface area contributed by atoms with E-state index in [0.29, 0.717) is 13.1 Å². The minimum atomic E-state index is 0.0247. The summed E-state index contributed by atoms with van der Waals surface area (Å²) in [5.74, 6) is 1.11. The summed E-state index contributed by atoms with van der Waals surface area (Å²) in [7, 11) is 0. The van der Waals surface area contributed by atoms with E-state index < -0.39 is 0 Å². The van der Waals surface area contributed by atoms with Crippen LogP contribution >= 0.6 is 11.3 Å². The van der Waals surface area contributed by atoms with E-state index in [2.05, 4.69) is 26.4 Å². The van der Waals surface area contributed by atoms with Crippen molar-refractivity contribution in [1.82, 2.24) is 24.5 Å². The van der Waals surface area contributed by atoms with Gasteiger partial charge in [0.2, 0.25) is 5.91 Å². The molecule has 0 bridgehead atoms. The number of nitrogens with one attached hydrogen (secondary N) is 1. The highest BCUT2D eigenvalue weighted by molar-refractivity contribution is 7.19. The number of pyridine rings is 1. The molecular formula is C24H26N6O2S. The van der Waals surface area contributed by atoms with E-state index in [1.807, 2.05) is 41.6 Å². The summed E-state index contributed by atoms with van der Waals surface area (Å²) in [6, 6.07) is 6.02. The second-order valence-electron chi connectivity index (χ2n) is 9.09. The lowest BCUT2D eigenvalue weighted by atomic mass is 9.86. The van der Waals surface area contributed by atoms with Crippen LogP contribution in [0.1, 0.15) is 30.7 Å². The number of amides is 1. The summed E-state index contributed by atoms with van der Waals surface area (Å²) in [6.45, 7) is 5.44. The molecule has 8 nitrogen and oxygen atoms in total. The van der Waals surface area contributed by atoms with Crippen LogP contribution in [0.15, 0.2) is 36.9 Å². The first-order valence-electron chi connectivity index (χ1n) is 11.4. The lowest BCUT2D eigenvalue weighted by Crippen LogP contribution is -2.50. The van der Waals surface area contributed by atoms with Gasteiger partial charge < -0.3 is 15.0 Å². The number of hydrogen-bond donors (Lipinski definition) is 1. The Bertz CT molecular complexity index is 1340. The Labute approximate surface area is 195 Å². The number of carbonyl (C=O) groups excluding carboxylic acids is 1. The Hall–Kier alpha value is -3.04. The Morgan fingerprint density at radius 1 is 1.21 bits per heavy atom. The quantitative estimate of drug-likeness (QED) is 0.498. The Morgan fingerprint density at radius 2 is 2.06 bits per heavy atom. The summed E-state index contributed by atoms with van der Waals surface area (Å²) in [5.41, 5.74) is 3.27. The topological polar surface area (TPSA) is 84.7 Å². The second kappa shape index (κ2) is 8.07. The zero-order valence-corrected chi connectivity index (χ0v) is 19.5. The molecule has 0 saturated carbocycles. The predicted octanol–water partition coefficient (Wildman–Crippen LogP) is 3.82. The maximum Gasteiger partial charge on any atom is 0.226 e. The molecule has 1 saturated heterocycles. The molecule has 4 aromatic rings. The minimum Gasteiger partial charge on any atom is -0.372 e. The standard InChI is InChI=1S/C24H26N6O2S/c1-14-11-29(12-15(2)32-14)24(31)16-3-4-19-20(9-16)33-23-21(19)22(25-13-26-23)28-17-6-8-30-18(10-17)5-7-27-30/h5-8,10,13-16H,3-4,9,11-12H2,1-2H3,(H,25,26,28)/t14-,15-,16+/m1/s1. The molecule has 0 aromatic carbocycles. The number of aryl methyl sites for hydroxylation is 1. The van der Waals surface area contributed by atoms with E-state index in [9.17, 15) is 4.79 Å². The van der Waals surface area contributed by atoms with Gasteiger partial charge in [0, 0.05) is 42.0 Å². The van der Waals surface area contributed by atoms with E-state index in [-0.39, 0.29) is 24.0 Å². The first-order valence-corrected chi connectivity index (χ1v) is 12.3. The largest absolute Gasteiger partial charge is 0.372 e. The molecule has 6 rings (SSSR count). The van der Waals surface area contributed by atoms with Gasteiger partial charge in [-0.25, -0.2) is 14.5 Å². The molecule has 0 radical (unpaired) electrons. The number of morpholine rings is 1. The van der Waals surface area contributed by atoms with Gasteiger partial charge in [-0.05, 0) is 56.9 Å². The van der Waals surface area contributed by atoms with Crippen molar-refractivity contribution >= 4 is 44.5 Å². The number of ether oxygens (including phenoxy) is 1. The van der Waals surface area contributed by atoms with Gasteiger partial charge in [0.1, 0.15) is 17.0 Å². The van der Waals surface area contributed by atoms with Gasteiger partial charge >= 0.3 is 0 Å². The molecule has 1 amide bonds. The van der Waals surface area contributed by atoms with E-state index >= 15 is 0 Å². The van der Waals surface area contributed by atoms with Crippen molar-refractivity contribution in [3.8, 4) is 0 Å². The van der Waals surface area contributed by atoms with E-state index in [4.69, 9.17) is 4.74 Å². The molecule has 1 aliphatic carbocycles. The Kier molecular flexibility index (Phi) is 5.03. The molecule has 1 fully saturated rings. The van der Waals surface area contributed by atoms with Crippen LogP contribution in [0.4, 0.5) is 11.5 Å². The summed E-state index contributed by atoms with van der Waals surface area (Å²) in [4.78, 5) is 26.6. The summed E-state index contributed by atoms with van der Waals surface area (Å²) < 4.78 is 7.65. The number of hydrogen-bond acceptors (Lipinski definition) is 7. The van der Waals surface area contributed by atoms with Crippen molar-refractivity contribution in [3.05, 3.63) is 47.4 Å². The predicted molar refractivity (Wildman–Crippen MR) is 128 cm³/mol. The molecule has 170 valence electrons. The molecule has 0 unspecified atom stereocenters. The molecule has 33 heavy (non-hydrogen) atoms. The number of fused-ring (bicyclic) bond motifs is 4. The monoisotopic (exact) mass is 462 g/mol. The van der Waals surface area contributed by atoms with E-state index in [0.717, 1.165) is 46.5 Å². The number of thiophene rings is 1. The van der Waals surface area contributed by atoms with Gasteiger partial charge in [-0.15, -0.1) is 11.3 Å². The summed E-state index contributed by atoms with van der Waals surface area (Å²) in [5, 5.41) is 8.83. The number of anilines is 2. The SMILES string of the molecule is C[C@@H]1CN(C(=O)[C@H]2CCc3c(sc4ncnc(Nc5ccn6nccc6c5)c34)C2)C[C@@H](C)O1. The van der Waals surface area contributed by atoms with Crippen LogP contribution in [0.25, 0.3) is 15.7 Å². The first-order chi connectivity index (χ1) is 16.0. The van der Waals surface area contributed by atoms with Gasteiger partial charge in [0.15, 0.2) is 0 Å². The fourth-order valence-electron chi connectivity index (χ4n) is 5.17. The highest BCUT2D eigenvalue weighted by Crippen LogP contribution is 2.41. The highest BCUT2D eigenvalue weighted by atomic mass is 32.1. The van der Waals surface area contributed by atoms with Crippen molar-refractivity contribution in [3.63, 3.8) is 0 Å². The van der Waals surface area contributed by atoms with Crippen LogP contribution in [-0.4, -0.2) is 55.7 Å². The smallest absolute Gasteiger partial charge is 0.226 e. The van der Waals surface area contributed by atoms with Gasteiger partial charge in [-0.2, -0.15) is 5.10 Å². The first kappa shape index (κ1) is 20.6. The molecule has 2 aliphatic rings. The van der Waals surface area contributed by atoms with Crippen LogP contribution in [0, 0.1) is 5.92 Å². The van der Waals surface area contributed by atoms with Crippen molar-refractivity contribution in [2.75, 3.05) is 18.4 Å². The number of rotatable bonds is 3. The number of carbonyl (C=O) groups is 1. The molecule has 1 N–H and O–H groups in total. The number of aromatic nitrogens is 4. The molecule has 1 aliphatic heterocycles. The molecule has 5 heterocycles.